The summed E-state index contributed by atoms with van der Waals surface area (Å²) in [4.78, 5) is 21.6. The highest BCUT2D eigenvalue weighted by Crippen LogP contribution is 2.34. The van der Waals surface area contributed by atoms with E-state index >= 15 is 0 Å². The number of rotatable bonds is 5. The third kappa shape index (κ3) is 4.62. The largest absolute Gasteiger partial charge is 0.369 e. The maximum absolute atomic E-state index is 13.6. The van der Waals surface area contributed by atoms with E-state index in [2.05, 4.69) is 80.6 Å². The molecule has 1 saturated carbocycles. The number of hydrogen-bond donors (Lipinski definition) is 1. The molecule has 2 aromatic heterocycles. The predicted molar refractivity (Wildman–Crippen MR) is 151 cm³/mol. The van der Waals surface area contributed by atoms with Crippen molar-refractivity contribution < 1.29 is 0 Å². The molecule has 6 rings (SSSR count). The van der Waals surface area contributed by atoms with Crippen LogP contribution in [0.2, 0.25) is 0 Å². The van der Waals surface area contributed by atoms with Gasteiger partial charge in [0.05, 0.1) is 6.04 Å². The number of anilines is 1. The van der Waals surface area contributed by atoms with E-state index in [1.807, 2.05) is 17.7 Å². The molecule has 1 unspecified atom stereocenters. The minimum Gasteiger partial charge on any atom is -0.369 e. The molecule has 1 aliphatic heterocycles. The highest BCUT2D eigenvalue weighted by molar-refractivity contribution is 5.79. The molecule has 38 heavy (non-hydrogen) atoms. The van der Waals surface area contributed by atoms with Crippen molar-refractivity contribution in [2.75, 3.05) is 31.1 Å². The molecule has 2 fully saturated rings. The Balaban J connectivity index is 1.38. The monoisotopic (exact) mass is 511 g/mol. The van der Waals surface area contributed by atoms with Crippen LogP contribution in [0.1, 0.15) is 72.3 Å². The van der Waals surface area contributed by atoms with E-state index in [4.69, 9.17) is 0 Å². The van der Waals surface area contributed by atoms with Gasteiger partial charge in [0.2, 0.25) is 0 Å². The van der Waals surface area contributed by atoms with Crippen molar-refractivity contribution in [3.8, 4) is 0 Å². The van der Waals surface area contributed by atoms with E-state index in [1.165, 1.54) is 36.1 Å². The van der Waals surface area contributed by atoms with Gasteiger partial charge in [-0.2, -0.15) is 0 Å². The molecule has 0 amide bonds. The van der Waals surface area contributed by atoms with Gasteiger partial charge in [0.1, 0.15) is 6.04 Å². The van der Waals surface area contributed by atoms with E-state index in [-0.39, 0.29) is 17.6 Å². The zero-order valence-electron chi connectivity index (χ0n) is 22.7. The number of hydrogen-bond acceptors (Lipinski definition) is 6. The maximum Gasteiger partial charge on any atom is 0.253 e. The smallest absolute Gasteiger partial charge is 0.253 e. The first-order chi connectivity index (χ1) is 18.5. The summed E-state index contributed by atoms with van der Waals surface area (Å²) < 4.78 is 2.03. The molecule has 3 heterocycles. The quantitative estimate of drug-likeness (QED) is 0.412. The van der Waals surface area contributed by atoms with E-state index in [1.54, 1.807) is 0 Å². The van der Waals surface area contributed by atoms with Crippen LogP contribution in [0.3, 0.4) is 0 Å². The number of tetrazole rings is 1. The fourth-order valence-electron chi connectivity index (χ4n) is 6.30. The lowest BCUT2D eigenvalue weighted by Gasteiger charge is -2.40. The molecule has 1 saturated heterocycles. The fourth-order valence-corrected chi connectivity index (χ4v) is 6.30. The summed E-state index contributed by atoms with van der Waals surface area (Å²) in [6.07, 6.45) is 5.82. The van der Waals surface area contributed by atoms with Crippen molar-refractivity contribution in [3.05, 3.63) is 80.9 Å². The zero-order valence-corrected chi connectivity index (χ0v) is 22.7. The van der Waals surface area contributed by atoms with Crippen molar-refractivity contribution in [1.29, 1.82) is 0 Å². The number of H-pyrrole nitrogens is 1. The topological polar surface area (TPSA) is 82.9 Å². The molecule has 2 aromatic carbocycles. The van der Waals surface area contributed by atoms with Gasteiger partial charge in [0.15, 0.2) is 5.82 Å². The van der Waals surface area contributed by atoms with Crippen LogP contribution in [0, 0.1) is 20.8 Å². The van der Waals surface area contributed by atoms with Crippen LogP contribution >= 0.6 is 0 Å². The fraction of sp³-hybridized carbons (Fsp3) is 0.467. The maximum atomic E-state index is 13.6. The first-order valence-electron chi connectivity index (χ1n) is 14.0. The summed E-state index contributed by atoms with van der Waals surface area (Å²) >= 11 is 0. The van der Waals surface area contributed by atoms with Crippen molar-refractivity contribution in [2.24, 2.45) is 0 Å². The third-order valence-corrected chi connectivity index (χ3v) is 8.60. The lowest BCUT2D eigenvalue weighted by molar-refractivity contribution is 0.192. The minimum absolute atomic E-state index is 0.0664. The van der Waals surface area contributed by atoms with E-state index in [9.17, 15) is 4.79 Å². The number of aromatic nitrogens is 5. The number of aromatic amines is 1. The lowest BCUT2D eigenvalue weighted by atomic mass is 9.95. The molecule has 198 valence electrons. The first kappa shape index (κ1) is 24.8. The molecule has 4 aromatic rings. The molecular formula is C30H37N7O. The molecule has 0 spiro atoms. The molecular weight excluding hydrogens is 474 g/mol. The third-order valence-electron chi connectivity index (χ3n) is 8.60. The summed E-state index contributed by atoms with van der Waals surface area (Å²) in [6, 6.07) is 14.8. The average molecular weight is 512 g/mol. The Labute approximate surface area is 223 Å². The van der Waals surface area contributed by atoms with Crippen molar-refractivity contribution in [3.63, 3.8) is 0 Å². The highest BCUT2D eigenvalue weighted by atomic mass is 16.1. The second-order valence-corrected chi connectivity index (χ2v) is 11.1. The van der Waals surface area contributed by atoms with Gasteiger partial charge in [-0.3, -0.25) is 9.69 Å². The molecule has 8 nitrogen and oxygen atoms in total. The van der Waals surface area contributed by atoms with Crippen molar-refractivity contribution in [1.82, 2.24) is 30.1 Å². The van der Waals surface area contributed by atoms with Gasteiger partial charge in [-0.15, -0.1) is 5.10 Å². The second-order valence-electron chi connectivity index (χ2n) is 11.1. The SMILES string of the molecule is Cc1ccc2cc(C(c3nnnn3C3CCCCC3)N3CCN(c4cccc(C)c4C)CC3)c(=O)[nH]c2c1. The Morgan fingerprint density at radius 2 is 1.74 bits per heavy atom. The Hall–Kier alpha value is -3.52. The van der Waals surface area contributed by atoms with Crippen LogP contribution in [0.25, 0.3) is 10.9 Å². The number of nitrogens with zero attached hydrogens (tertiary/aromatic N) is 6. The van der Waals surface area contributed by atoms with E-state index < -0.39 is 0 Å². The predicted octanol–water partition coefficient (Wildman–Crippen LogP) is 4.86. The standard InChI is InChI=1S/C30H37N7O/c1-20-12-13-23-19-25(30(38)31-26(23)18-20)28(29-32-33-34-37(29)24-9-5-4-6-10-24)36-16-14-35(15-17-36)27-11-7-8-21(2)22(27)3/h7-8,11-13,18-19,24,28H,4-6,9-10,14-17H2,1-3H3,(H,31,38). The number of fused-ring (bicyclic) bond motifs is 1. The molecule has 1 N–H and O–H groups in total. The van der Waals surface area contributed by atoms with Gasteiger partial charge in [-0.25, -0.2) is 4.68 Å². The van der Waals surface area contributed by atoms with E-state index in [0.717, 1.165) is 61.3 Å². The van der Waals surface area contributed by atoms with Gasteiger partial charge in [0.25, 0.3) is 5.56 Å². The molecule has 2 aliphatic rings. The van der Waals surface area contributed by atoms with Crippen molar-refractivity contribution >= 4 is 16.6 Å². The number of pyridine rings is 1. The zero-order chi connectivity index (χ0) is 26.2. The Kier molecular flexibility index (Phi) is 6.74. The van der Waals surface area contributed by atoms with Crippen LogP contribution in [0.4, 0.5) is 5.69 Å². The minimum atomic E-state index is -0.304. The van der Waals surface area contributed by atoms with Crippen LogP contribution in [-0.4, -0.2) is 56.3 Å². The van der Waals surface area contributed by atoms with Gasteiger partial charge < -0.3 is 9.88 Å². The Morgan fingerprint density at radius 3 is 2.53 bits per heavy atom. The van der Waals surface area contributed by atoms with Gasteiger partial charge in [0, 0.05) is 42.9 Å². The summed E-state index contributed by atoms with van der Waals surface area (Å²) in [5.41, 5.74) is 6.58. The molecule has 1 atom stereocenters. The normalized spacial score (nSPS) is 18.2. The number of nitrogens with one attached hydrogen (secondary N) is 1. The van der Waals surface area contributed by atoms with Crippen LogP contribution in [-0.2, 0) is 0 Å². The Morgan fingerprint density at radius 1 is 0.947 bits per heavy atom. The highest BCUT2D eigenvalue weighted by Gasteiger charge is 2.34. The van der Waals surface area contributed by atoms with Gasteiger partial charge in [-0.1, -0.05) is 43.5 Å². The summed E-state index contributed by atoms with van der Waals surface area (Å²) in [7, 11) is 0. The van der Waals surface area contributed by atoms with Gasteiger partial charge in [-0.05, 0) is 84.3 Å². The first-order valence-corrected chi connectivity index (χ1v) is 14.0. The van der Waals surface area contributed by atoms with Gasteiger partial charge >= 0.3 is 0 Å². The Bertz CT molecular complexity index is 1490. The van der Waals surface area contributed by atoms with Crippen LogP contribution in [0.5, 0.6) is 0 Å². The molecule has 1 aliphatic carbocycles. The number of benzene rings is 2. The van der Waals surface area contributed by atoms with Crippen molar-refractivity contribution in [2.45, 2.75) is 65.0 Å². The van der Waals surface area contributed by atoms with Crippen LogP contribution in [0.15, 0.2) is 47.3 Å². The van der Waals surface area contributed by atoms with E-state index in [0.29, 0.717) is 5.56 Å². The summed E-state index contributed by atoms with van der Waals surface area (Å²) in [5, 5.41) is 14.2. The lowest BCUT2D eigenvalue weighted by Crippen LogP contribution is -2.49. The number of aryl methyl sites for hydroxylation is 2. The van der Waals surface area contributed by atoms with Crippen LogP contribution < -0.4 is 10.5 Å². The molecule has 0 radical (unpaired) electrons. The molecule has 0 bridgehead atoms. The summed E-state index contributed by atoms with van der Waals surface area (Å²) in [5.74, 6) is 0.786. The molecule has 8 heteroatoms. The second kappa shape index (κ2) is 10.3. The summed E-state index contributed by atoms with van der Waals surface area (Å²) in [6.45, 7) is 9.83. The number of piperazine rings is 1. The average Bonchev–Trinajstić information content (AvgIpc) is 3.41.